The van der Waals surface area contributed by atoms with E-state index < -0.39 is 23.0 Å². The number of nitrogens with one attached hydrogen (secondary N) is 3. The molecule has 18 heteroatoms. The van der Waals surface area contributed by atoms with Crippen molar-refractivity contribution in [1.82, 2.24) is 25.7 Å². The van der Waals surface area contributed by atoms with Crippen LogP contribution in [0.1, 0.15) is 80.1 Å². The van der Waals surface area contributed by atoms with Crippen molar-refractivity contribution in [2.45, 2.75) is 44.8 Å². The van der Waals surface area contributed by atoms with Gasteiger partial charge in [0, 0.05) is 108 Å². The number of hydrogen-bond donors (Lipinski definition) is 3. The molecule has 1 spiro atoms. The van der Waals surface area contributed by atoms with Crippen molar-refractivity contribution in [3.8, 4) is 28.4 Å². The number of hydrogen-bond acceptors (Lipinski definition) is 11. The first-order valence-electron chi connectivity index (χ1n) is 23.6. The Balaban J connectivity index is 0.819. The van der Waals surface area contributed by atoms with E-state index in [0.29, 0.717) is 84.2 Å². The van der Waals surface area contributed by atoms with E-state index in [1.165, 1.54) is 0 Å². The molecule has 3 amide bonds. The molecule has 72 heavy (non-hydrogen) atoms. The van der Waals surface area contributed by atoms with Gasteiger partial charge in [-0.1, -0.05) is 66.8 Å². The number of rotatable bonds is 19. The smallest absolute Gasteiger partial charge is 0.340 e. The highest BCUT2D eigenvalue weighted by Crippen LogP contribution is 2.57. The maximum Gasteiger partial charge on any atom is 0.340 e. The van der Waals surface area contributed by atoms with E-state index in [0.717, 1.165) is 16.9 Å². The van der Waals surface area contributed by atoms with Crippen LogP contribution in [0.5, 0.6) is 11.5 Å². The minimum atomic E-state index is -1.28. The summed E-state index contributed by atoms with van der Waals surface area (Å²) in [5.74, 6) is -0.652. The van der Waals surface area contributed by atoms with Crippen LogP contribution in [0.2, 0.25) is 15.1 Å². The highest BCUT2D eigenvalue weighted by atomic mass is 35.5. The lowest BCUT2D eigenvalue weighted by molar-refractivity contribution is -0.128. The van der Waals surface area contributed by atoms with Crippen LogP contribution in [0.3, 0.4) is 0 Å². The number of fused-ring (bicyclic) bond motifs is 6. The summed E-state index contributed by atoms with van der Waals surface area (Å²) in [4.78, 5) is 58.8. The zero-order chi connectivity index (χ0) is 51.5. The Hall–Kier alpha value is -6.62. The van der Waals surface area contributed by atoms with Crippen LogP contribution in [0, 0.1) is 6.92 Å². The molecular formula is C54H56Cl3N7O8. The summed E-state index contributed by atoms with van der Waals surface area (Å²) in [6, 6.07) is 28.8. The maximum absolute atomic E-state index is 14.1. The van der Waals surface area contributed by atoms with Crippen molar-refractivity contribution in [1.29, 1.82) is 0 Å². The average molecular weight is 1040 g/mol. The molecular weight excluding hydrogens is 981 g/mol. The molecule has 8 rings (SSSR count). The lowest BCUT2D eigenvalue weighted by Crippen LogP contribution is -2.58. The van der Waals surface area contributed by atoms with Gasteiger partial charge in [0.05, 0.1) is 48.4 Å². The summed E-state index contributed by atoms with van der Waals surface area (Å²) >= 11 is 19.0. The SMILES string of the molecule is CCC(CC)(NC(=O)c1nn(-c2ccc(Cl)cc2Cl)c(-c2ccc(Cl)cc2)c1C)C(=O)NCCOCCOCCNC(=O)c1ccc2c(c1)C(=O)OC21c2ccc(N(C)C)cc2Oc2cc(N(C)C)ccc21. The Bertz CT molecular complexity index is 2990. The normalized spacial score (nSPS) is 13.1. The number of esters is 1. The Kier molecular flexibility index (Phi) is 15.5. The molecule has 0 fully saturated rings. The van der Waals surface area contributed by atoms with Gasteiger partial charge in [0.15, 0.2) is 11.3 Å². The quantitative estimate of drug-likeness (QED) is 0.0523. The van der Waals surface area contributed by atoms with Gasteiger partial charge in [-0.15, -0.1) is 0 Å². The zero-order valence-electron chi connectivity index (χ0n) is 41.1. The average Bonchev–Trinajstić information content (AvgIpc) is 3.86. The van der Waals surface area contributed by atoms with Gasteiger partial charge >= 0.3 is 5.97 Å². The third-order valence-corrected chi connectivity index (χ3v) is 13.9. The minimum Gasteiger partial charge on any atom is -0.456 e. The number of anilines is 2. The molecule has 0 atom stereocenters. The van der Waals surface area contributed by atoms with Gasteiger partial charge in [0.1, 0.15) is 17.0 Å². The Morgan fingerprint density at radius 3 is 1.88 bits per heavy atom. The first-order chi connectivity index (χ1) is 34.5. The second-order valence-corrected chi connectivity index (χ2v) is 19.2. The zero-order valence-corrected chi connectivity index (χ0v) is 43.4. The molecule has 15 nitrogen and oxygen atoms in total. The number of benzene rings is 5. The molecule has 0 radical (unpaired) electrons. The maximum atomic E-state index is 14.1. The fraction of sp³-hybridized carbons (Fsp3) is 0.315. The van der Waals surface area contributed by atoms with Crippen LogP contribution >= 0.6 is 34.8 Å². The number of carbonyl (C=O) groups is 4. The van der Waals surface area contributed by atoms with Crippen LogP contribution in [0.4, 0.5) is 11.4 Å². The van der Waals surface area contributed by atoms with E-state index in [-0.39, 0.29) is 57.0 Å². The highest BCUT2D eigenvalue weighted by molar-refractivity contribution is 6.35. The summed E-state index contributed by atoms with van der Waals surface area (Å²) < 4.78 is 25.8. The molecule has 5 aromatic carbocycles. The number of ether oxygens (including phenoxy) is 4. The van der Waals surface area contributed by atoms with E-state index in [1.54, 1.807) is 60.1 Å². The van der Waals surface area contributed by atoms with Crippen LogP contribution in [-0.2, 0) is 24.6 Å². The summed E-state index contributed by atoms with van der Waals surface area (Å²) in [6.45, 7) is 6.74. The Labute approximate surface area is 433 Å². The highest BCUT2D eigenvalue weighted by Gasteiger charge is 2.54. The second kappa shape index (κ2) is 21.6. The third kappa shape index (κ3) is 10.1. The van der Waals surface area contributed by atoms with Crippen molar-refractivity contribution in [2.75, 3.05) is 77.5 Å². The van der Waals surface area contributed by atoms with Crippen molar-refractivity contribution in [3.63, 3.8) is 0 Å². The topological polar surface area (TPSA) is 166 Å². The van der Waals surface area contributed by atoms with E-state index in [9.17, 15) is 19.2 Å². The predicted molar refractivity (Wildman–Crippen MR) is 280 cm³/mol. The number of carbonyl (C=O) groups excluding carboxylic acids is 4. The van der Waals surface area contributed by atoms with Gasteiger partial charge in [-0.2, -0.15) is 5.10 Å². The summed E-state index contributed by atoms with van der Waals surface area (Å²) in [5.41, 5.74) is 4.53. The second-order valence-electron chi connectivity index (χ2n) is 17.9. The molecule has 0 bridgehead atoms. The summed E-state index contributed by atoms with van der Waals surface area (Å²) in [6.07, 6.45) is 0.629. The number of nitrogens with zero attached hydrogens (tertiary/aromatic N) is 4. The van der Waals surface area contributed by atoms with Gasteiger partial charge in [-0.05, 0) is 86.5 Å². The van der Waals surface area contributed by atoms with E-state index in [1.807, 2.05) is 100 Å². The number of halogens is 3. The van der Waals surface area contributed by atoms with Crippen LogP contribution < -0.4 is 30.5 Å². The van der Waals surface area contributed by atoms with E-state index in [2.05, 4.69) is 16.0 Å². The largest absolute Gasteiger partial charge is 0.456 e. The molecule has 3 heterocycles. The van der Waals surface area contributed by atoms with Crippen molar-refractivity contribution in [3.05, 3.63) is 151 Å². The monoisotopic (exact) mass is 1040 g/mol. The fourth-order valence-corrected chi connectivity index (χ4v) is 9.65. The Morgan fingerprint density at radius 2 is 1.29 bits per heavy atom. The van der Waals surface area contributed by atoms with Gasteiger partial charge in [-0.3, -0.25) is 14.4 Å². The molecule has 0 unspecified atom stereocenters. The van der Waals surface area contributed by atoms with E-state index >= 15 is 0 Å². The van der Waals surface area contributed by atoms with Crippen molar-refractivity contribution >= 4 is 69.9 Å². The number of aromatic nitrogens is 2. The predicted octanol–water partition coefficient (Wildman–Crippen LogP) is 9.38. The molecule has 1 aromatic heterocycles. The molecule has 3 N–H and O–H groups in total. The molecule has 2 aliphatic heterocycles. The Morgan fingerprint density at radius 1 is 0.708 bits per heavy atom. The van der Waals surface area contributed by atoms with Gasteiger partial charge in [0.2, 0.25) is 5.91 Å². The first kappa shape index (κ1) is 51.7. The molecule has 2 aliphatic rings. The van der Waals surface area contributed by atoms with E-state index in [4.69, 9.17) is 58.8 Å². The summed E-state index contributed by atoms with van der Waals surface area (Å²) in [7, 11) is 7.78. The van der Waals surface area contributed by atoms with Crippen molar-refractivity contribution in [2.24, 2.45) is 0 Å². The van der Waals surface area contributed by atoms with Gasteiger partial charge < -0.3 is 44.7 Å². The van der Waals surface area contributed by atoms with Crippen LogP contribution in [-0.4, -0.2) is 107 Å². The molecule has 6 aromatic rings. The van der Waals surface area contributed by atoms with Crippen LogP contribution in [0.15, 0.2) is 97.1 Å². The van der Waals surface area contributed by atoms with Gasteiger partial charge in [-0.25, -0.2) is 9.48 Å². The van der Waals surface area contributed by atoms with Gasteiger partial charge in [0.25, 0.3) is 11.8 Å². The lowest BCUT2D eigenvalue weighted by Gasteiger charge is -2.37. The first-order valence-corrected chi connectivity index (χ1v) is 24.7. The van der Waals surface area contributed by atoms with Crippen molar-refractivity contribution < 1.29 is 38.1 Å². The molecule has 0 saturated carbocycles. The standard InChI is InChI=1S/C54H56Cl3N7O8/c1-8-53(9-2,60-50(66)47-32(3)48(33-10-13-35(55)14-11-33)64(61-47)44-21-15-36(56)29-43(44)57)52(68)59-23-25-70-27-26-69-24-22-58-49(65)34-12-18-40-39(28-34)51(67)72-54(40)41-19-16-37(62(4)5)30-45(41)71-46-31-38(63(6)7)17-20-42(46)54/h10-21,28-31H,8-9,22-27H2,1-7H3,(H,58,65)(H,59,68)(H,60,66). The lowest BCUT2D eigenvalue weighted by atomic mass is 9.77. The van der Waals surface area contributed by atoms with Crippen LogP contribution in [0.25, 0.3) is 16.9 Å². The number of amides is 3. The molecule has 0 aliphatic carbocycles. The fourth-order valence-electron chi connectivity index (χ4n) is 9.04. The third-order valence-electron chi connectivity index (χ3n) is 13.1. The minimum absolute atomic E-state index is 0.128. The molecule has 0 saturated heterocycles. The summed E-state index contributed by atoms with van der Waals surface area (Å²) in [5, 5.41) is 14.8. The molecule has 376 valence electrons.